The number of thiophene rings is 1. The number of fused-ring (bicyclic) bond motifs is 1. The number of amides is 3. The molecular weight excluding hydrogens is 478 g/mol. The van der Waals surface area contributed by atoms with E-state index in [1.165, 1.54) is 23.8 Å². The molecule has 6 N–H and O–H groups in total. The van der Waals surface area contributed by atoms with Crippen LogP contribution >= 0.6 is 11.3 Å². The minimum absolute atomic E-state index is 0.0981. The molecule has 0 unspecified atom stereocenters. The minimum Gasteiger partial charge on any atom is -0.389 e. The van der Waals surface area contributed by atoms with Crippen molar-refractivity contribution in [2.45, 2.75) is 59.1 Å². The van der Waals surface area contributed by atoms with Crippen molar-refractivity contribution in [3.63, 3.8) is 0 Å². The Morgan fingerprint density at radius 3 is 2.39 bits per heavy atom. The molecule has 192 valence electrons. The highest BCUT2D eigenvalue weighted by molar-refractivity contribution is 7.16. The molecule has 0 spiro atoms. The van der Waals surface area contributed by atoms with E-state index in [4.69, 9.17) is 10.8 Å². The molecule has 3 rings (SSSR count). The van der Waals surface area contributed by atoms with Crippen LogP contribution in [0.3, 0.4) is 0 Å². The number of imidazole rings is 1. The van der Waals surface area contributed by atoms with E-state index in [1.54, 1.807) is 48.7 Å². The lowest BCUT2D eigenvalue weighted by molar-refractivity contribution is -0.117. The molecule has 11 heteroatoms. The Bertz CT molecular complexity index is 1270. The molecule has 1 aromatic carbocycles. The summed E-state index contributed by atoms with van der Waals surface area (Å²) in [6.45, 7) is 9.49. The number of nitrogens with one attached hydrogen (secondary N) is 5. The Balaban J connectivity index is 1.84. The van der Waals surface area contributed by atoms with Crippen molar-refractivity contribution in [1.29, 1.82) is 10.8 Å². The van der Waals surface area contributed by atoms with Gasteiger partial charge in [0.2, 0.25) is 11.9 Å². The predicted octanol–water partition coefficient (Wildman–Crippen LogP) is 5.27. The van der Waals surface area contributed by atoms with Crippen molar-refractivity contribution in [3.05, 3.63) is 35.2 Å². The first-order valence-corrected chi connectivity index (χ1v) is 12.3. The number of anilines is 3. The summed E-state index contributed by atoms with van der Waals surface area (Å²) in [7, 11) is 0. The summed E-state index contributed by atoms with van der Waals surface area (Å²) in [6, 6.07) is 8.26. The second kappa shape index (κ2) is 10.6. The fourth-order valence-corrected chi connectivity index (χ4v) is 4.54. The second-order valence-electron chi connectivity index (χ2n) is 10.5. The highest BCUT2D eigenvalue weighted by atomic mass is 32.1. The van der Waals surface area contributed by atoms with Crippen LogP contribution in [-0.2, 0) is 11.3 Å². The third kappa shape index (κ3) is 7.22. The van der Waals surface area contributed by atoms with Gasteiger partial charge in [-0.3, -0.25) is 15.4 Å². The Hall–Kier alpha value is -3.57. The smallest absolute Gasteiger partial charge is 0.326 e. The first-order valence-electron chi connectivity index (χ1n) is 11.5. The quantitative estimate of drug-likeness (QED) is 0.216. The van der Waals surface area contributed by atoms with Crippen LogP contribution in [0.15, 0.2) is 30.3 Å². The lowest BCUT2D eigenvalue weighted by atomic mass is 9.92. The van der Waals surface area contributed by atoms with E-state index in [0.29, 0.717) is 28.1 Å². The van der Waals surface area contributed by atoms with Gasteiger partial charge in [-0.2, -0.15) is 0 Å². The second-order valence-corrected chi connectivity index (χ2v) is 11.6. The highest BCUT2D eigenvalue weighted by Crippen LogP contribution is 2.29. The molecule has 0 bridgehead atoms. The summed E-state index contributed by atoms with van der Waals surface area (Å²) in [5.41, 5.74) is 0.632. The molecule has 0 saturated carbocycles. The van der Waals surface area contributed by atoms with Gasteiger partial charge in [0, 0.05) is 29.4 Å². The summed E-state index contributed by atoms with van der Waals surface area (Å²) in [5, 5.41) is 34.2. The lowest BCUT2D eigenvalue weighted by Crippen LogP contribution is -2.28. The summed E-state index contributed by atoms with van der Waals surface area (Å²) >= 11 is 1.28. The van der Waals surface area contributed by atoms with E-state index in [-0.39, 0.29) is 23.8 Å². The van der Waals surface area contributed by atoms with Crippen LogP contribution in [-0.4, -0.2) is 44.6 Å². The molecule has 0 radical (unpaired) electrons. The van der Waals surface area contributed by atoms with E-state index >= 15 is 0 Å². The number of nitrogens with zero attached hydrogens (tertiary/aromatic N) is 2. The number of carbonyl (C=O) groups is 2. The molecule has 2 aromatic heterocycles. The molecule has 0 saturated heterocycles. The Morgan fingerprint density at radius 2 is 1.78 bits per heavy atom. The first kappa shape index (κ1) is 27.0. The standard InChI is InChI=1S/C25H33N7O3S/c1-24(2,3)11-20(33)28-16-6-7-18-17(10-16)29-22(32(18)14-25(4,5)35)31-23(34)30-21-9-8-19(36-21)15(12-26)13-27/h6-10,12-13,15,26-27,35H,11,14H2,1-5H3,(H,28,33)(H2,29,30,31,34). The van der Waals surface area contributed by atoms with E-state index in [0.717, 1.165) is 4.88 Å². The van der Waals surface area contributed by atoms with Crippen molar-refractivity contribution in [2.75, 3.05) is 16.0 Å². The average Bonchev–Trinajstić information content (AvgIpc) is 3.31. The largest absolute Gasteiger partial charge is 0.389 e. The van der Waals surface area contributed by atoms with Crippen LogP contribution in [0.1, 0.15) is 51.8 Å². The van der Waals surface area contributed by atoms with Crippen LogP contribution in [0.5, 0.6) is 0 Å². The maximum absolute atomic E-state index is 12.8. The molecule has 10 nitrogen and oxygen atoms in total. The van der Waals surface area contributed by atoms with Crippen LogP contribution in [0.2, 0.25) is 0 Å². The highest BCUT2D eigenvalue weighted by Gasteiger charge is 2.22. The fourth-order valence-electron chi connectivity index (χ4n) is 3.59. The molecule has 0 atom stereocenters. The molecule has 3 amide bonds. The Labute approximate surface area is 214 Å². The first-order chi connectivity index (χ1) is 16.8. The summed E-state index contributed by atoms with van der Waals surface area (Å²) in [5.74, 6) is -0.279. The van der Waals surface area contributed by atoms with E-state index in [1.807, 2.05) is 20.8 Å². The van der Waals surface area contributed by atoms with Gasteiger partial charge in [-0.25, -0.2) is 9.78 Å². The van der Waals surface area contributed by atoms with Crippen molar-refractivity contribution in [2.24, 2.45) is 5.41 Å². The molecule has 0 fully saturated rings. The number of aliphatic hydroxyl groups is 1. The number of carbonyl (C=O) groups excluding carboxylic acids is 2. The average molecular weight is 512 g/mol. The molecule has 0 aliphatic rings. The fraction of sp³-hybridized carbons (Fsp3) is 0.400. The number of hydrogen-bond acceptors (Lipinski definition) is 7. The predicted molar refractivity (Wildman–Crippen MR) is 146 cm³/mol. The van der Waals surface area contributed by atoms with Gasteiger partial charge in [0.1, 0.15) is 0 Å². The molecular formula is C25H33N7O3S. The topological polar surface area (TPSA) is 156 Å². The van der Waals surface area contributed by atoms with Gasteiger partial charge >= 0.3 is 6.03 Å². The van der Waals surface area contributed by atoms with E-state index in [9.17, 15) is 14.7 Å². The SMILES string of the molecule is CC(C)(C)CC(=O)Nc1ccc2c(c1)nc(NC(=O)Nc1ccc(C(C=N)C=N)s1)n2CC(C)(C)O. The third-order valence-corrected chi connectivity index (χ3v) is 6.15. The number of hydrogen-bond donors (Lipinski definition) is 6. The van der Waals surface area contributed by atoms with Crippen LogP contribution in [0, 0.1) is 16.2 Å². The lowest BCUT2D eigenvalue weighted by Gasteiger charge is -2.20. The number of benzene rings is 1. The third-order valence-electron chi connectivity index (χ3n) is 5.04. The van der Waals surface area contributed by atoms with Crippen molar-refractivity contribution >= 4 is 63.4 Å². The zero-order valence-corrected chi connectivity index (χ0v) is 21.9. The van der Waals surface area contributed by atoms with Gasteiger partial charge in [-0.05, 0) is 49.6 Å². The zero-order chi connectivity index (χ0) is 26.7. The zero-order valence-electron chi connectivity index (χ0n) is 21.1. The van der Waals surface area contributed by atoms with Gasteiger partial charge in [-0.15, -0.1) is 11.3 Å². The Kier molecular flexibility index (Phi) is 7.95. The van der Waals surface area contributed by atoms with Crippen molar-refractivity contribution in [1.82, 2.24) is 9.55 Å². The Morgan fingerprint density at radius 1 is 1.08 bits per heavy atom. The van der Waals surface area contributed by atoms with Crippen LogP contribution < -0.4 is 16.0 Å². The number of aromatic nitrogens is 2. The van der Waals surface area contributed by atoms with Crippen molar-refractivity contribution in [3.8, 4) is 0 Å². The maximum atomic E-state index is 12.8. The van der Waals surface area contributed by atoms with Gasteiger partial charge < -0.3 is 25.8 Å². The maximum Gasteiger partial charge on any atom is 0.326 e. The van der Waals surface area contributed by atoms with Crippen LogP contribution in [0.25, 0.3) is 11.0 Å². The minimum atomic E-state index is -1.07. The monoisotopic (exact) mass is 511 g/mol. The molecule has 3 aromatic rings. The van der Waals surface area contributed by atoms with E-state index < -0.39 is 17.6 Å². The summed E-state index contributed by atoms with van der Waals surface area (Å²) in [6.07, 6.45) is 2.71. The number of urea groups is 1. The van der Waals surface area contributed by atoms with Gasteiger partial charge in [0.05, 0.1) is 34.1 Å². The molecule has 0 aliphatic carbocycles. The van der Waals surface area contributed by atoms with Gasteiger partial charge in [0.15, 0.2) is 0 Å². The molecule has 2 heterocycles. The number of rotatable bonds is 9. The van der Waals surface area contributed by atoms with Gasteiger partial charge in [-0.1, -0.05) is 20.8 Å². The van der Waals surface area contributed by atoms with Crippen LogP contribution in [0.4, 0.5) is 21.4 Å². The van der Waals surface area contributed by atoms with Crippen molar-refractivity contribution < 1.29 is 14.7 Å². The summed E-state index contributed by atoms with van der Waals surface area (Å²) < 4.78 is 1.72. The molecule has 36 heavy (non-hydrogen) atoms. The summed E-state index contributed by atoms with van der Waals surface area (Å²) in [4.78, 5) is 30.5. The van der Waals surface area contributed by atoms with Gasteiger partial charge in [0.25, 0.3) is 0 Å². The van der Waals surface area contributed by atoms with E-state index in [2.05, 4.69) is 20.9 Å². The normalized spacial score (nSPS) is 12.7. The molecule has 0 aliphatic heterocycles.